The second kappa shape index (κ2) is 9.01. The molecule has 0 aliphatic carbocycles. The van der Waals surface area contributed by atoms with Gasteiger partial charge in [-0.1, -0.05) is 0 Å². The van der Waals surface area contributed by atoms with Crippen molar-refractivity contribution >= 4 is 0 Å². The Labute approximate surface area is 76.3 Å². The van der Waals surface area contributed by atoms with Crippen molar-refractivity contribution in [1.29, 1.82) is 0 Å². The van der Waals surface area contributed by atoms with E-state index in [1.165, 1.54) is 0 Å². The van der Waals surface area contributed by atoms with Crippen LogP contribution in [0.5, 0.6) is 0 Å². The monoisotopic (exact) mass is 173 g/mol. The van der Waals surface area contributed by atoms with Crippen LogP contribution in [0.15, 0.2) is 0 Å². The Kier molecular flexibility index (Phi) is 8.95. The van der Waals surface area contributed by atoms with E-state index in [1.54, 1.807) is 0 Å². The second-order valence-corrected chi connectivity index (χ2v) is 2.74. The number of rotatable bonds is 8. The molecule has 0 aliphatic rings. The van der Waals surface area contributed by atoms with Crippen molar-refractivity contribution < 1.29 is 9.47 Å². The first kappa shape index (κ1) is 11.9. The molecule has 0 amide bonds. The summed E-state index contributed by atoms with van der Waals surface area (Å²) < 4.78 is 10.6. The van der Waals surface area contributed by atoms with Crippen molar-refractivity contribution in [2.24, 2.45) is 0 Å². The lowest BCUT2D eigenvalue weighted by molar-refractivity contribution is 0.0933. The van der Waals surface area contributed by atoms with E-state index in [-0.39, 0.29) is 6.10 Å². The van der Waals surface area contributed by atoms with Gasteiger partial charge < -0.3 is 9.47 Å². The summed E-state index contributed by atoms with van der Waals surface area (Å²) in [5.41, 5.74) is 0. The Balaban J connectivity index is 2.97. The van der Waals surface area contributed by atoms with Crippen LogP contribution in [0.3, 0.4) is 0 Å². The van der Waals surface area contributed by atoms with Crippen LogP contribution in [0.25, 0.3) is 0 Å². The Morgan fingerprint density at radius 3 is 2.58 bits per heavy atom. The summed E-state index contributed by atoms with van der Waals surface area (Å²) >= 11 is 0. The molecule has 1 unspecified atom stereocenters. The van der Waals surface area contributed by atoms with E-state index < -0.39 is 0 Å². The normalized spacial score (nSPS) is 13.2. The van der Waals surface area contributed by atoms with Gasteiger partial charge in [-0.2, -0.15) is 0 Å². The first-order valence-electron chi connectivity index (χ1n) is 4.83. The van der Waals surface area contributed by atoms with Gasteiger partial charge in [0.25, 0.3) is 0 Å². The van der Waals surface area contributed by atoms with Gasteiger partial charge in [-0.25, -0.2) is 0 Å². The van der Waals surface area contributed by atoms with Crippen LogP contribution in [-0.4, -0.2) is 25.9 Å². The molecule has 0 aromatic heterocycles. The summed E-state index contributed by atoms with van der Waals surface area (Å²) in [6.45, 7) is 8.59. The third-order valence-electron chi connectivity index (χ3n) is 1.63. The van der Waals surface area contributed by atoms with E-state index in [0.29, 0.717) is 0 Å². The molecule has 1 radical (unpaired) electrons. The highest BCUT2D eigenvalue weighted by atomic mass is 16.5. The fourth-order valence-electron chi connectivity index (χ4n) is 1.01. The van der Waals surface area contributed by atoms with Gasteiger partial charge in [-0.05, 0) is 40.0 Å². The molecule has 0 aromatic carbocycles. The summed E-state index contributed by atoms with van der Waals surface area (Å²) in [7, 11) is 0. The number of ether oxygens (including phenoxy) is 2. The molecule has 0 bridgehead atoms. The lowest BCUT2D eigenvalue weighted by Gasteiger charge is -2.10. The maximum Gasteiger partial charge on any atom is 0.0578 e. The molecule has 2 heteroatoms. The van der Waals surface area contributed by atoms with E-state index in [0.717, 1.165) is 32.7 Å². The second-order valence-electron chi connectivity index (χ2n) is 2.74. The summed E-state index contributed by atoms with van der Waals surface area (Å²) in [5.74, 6) is 0. The van der Waals surface area contributed by atoms with Crippen molar-refractivity contribution in [3.8, 4) is 0 Å². The summed E-state index contributed by atoms with van der Waals surface area (Å²) in [4.78, 5) is 0. The molecule has 0 aromatic rings. The topological polar surface area (TPSA) is 18.5 Å². The van der Waals surface area contributed by atoms with Crippen molar-refractivity contribution in [2.75, 3.05) is 19.8 Å². The highest BCUT2D eigenvalue weighted by Gasteiger charge is 1.99. The molecule has 0 rings (SSSR count). The molecule has 0 saturated carbocycles. The van der Waals surface area contributed by atoms with E-state index in [9.17, 15) is 0 Å². The number of hydrogen-bond donors (Lipinski definition) is 0. The molecular weight excluding hydrogens is 152 g/mol. The summed E-state index contributed by atoms with van der Waals surface area (Å²) in [6.07, 6.45) is 4.67. The third kappa shape index (κ3) is 8.02. The van der Waals surface area contributed by atoms with E-state index >= 15 is 0 Å². The van der Waals surface area contributed by atoms with Crippen LogP contribution in [0.1, 0.15) is 33.6 Å². The van der Waals surface area contributed by atoms with Gasteiger partial charge in [0.2, 0.25) is 0 Å². The lowest BCUT2D eigenvalue weighted by atomic mass is 10.2. The van der Waals surface area contributed by atoms with Crippen LogP contribution >= 0.6 is 0 Å². The first-order valence-corrected chi connectivity index (χ1v) is 4.83. The highest BCUT2D eigenvalue weighted by Crippen LogP contribution is 2.02. The summed E-state index contributed by atoms with van der Waals surface area (Å²) in [6, 6.07) is 0. The quantitative estimate of drug-likeness (QED) is 0.525. The van der Waals surface area contributed by atoms with Gasteiger partial charge in [0, 0.05) is 19.8 Å². The molecule has 0 aliphatic heterocycles. The molecule has 2 nitrogen and oxygen atoms in total. The number of hydrogen-bond acceptors (Lipinski definition) is 2. The summed E-state index contributed by atoms with van der Waals surface area (Å²) in [5, 5.41) is 0. The minimum Gasteiger partial charge on any atom is -0.382 e. The van der Waals surface area contributed by atoms with Gasteiger partial charge in [0.15, 0.2) is 0 Å². The molecule has 12 heavy (non-hydrogen) atoms. The maximum atomic E-state index is 5.35. The zero-order chi connectivity index (χ0) is 9.23. The molecule has 1 atom stereocenters. The smallest absolute Gasteiger partial charge is 0.0578 e. The Morgan fingerprint density at radius 1 is 1.25 bits per heavy atom. The van der Waals surface area contributed by atoms with Crippen LogP contribution in [0, 0.1) is 6.42 Å². The number of unbranched alkanes of at least 4 members (excludes halogenated alkanes) is 1. The van der Waals surface area contributed by atoms with E-state index in [4.69, 9.17) is 9.47 Å². The van der Waals surface area contributed by atoms with Crippen LogP contribution in [0.4, 0.5) is 0 Å². The van der Waals surface area contributed by atoms with E-state index in [2.05, 4.69) is 13.3 Å². The van der Waals surface area contributed by atoms with Crippen molar-refractivity contribution in [3.63, 3.8) is 0 Å². The fraction of sp³-hybridized carbons (Fsp3) is 0.900. The molecular formula is C10H21O2. The average molecular weight is 173 g/mol. The largest absolute Gasteiger partial charge is 0.382 e. The minimum atomic E-state index is 0.289. The minimum absolute atomic E-state index is 0.289. The van der Waals surface area contributed by atoms with Crippen LogP contribution in [-0.2, 0) is 9.47 Å². The van der Waals surface area contributed by atoms with Gasteiger partial charge in [-0.3, -0.25) is 0 Å². The fourth-order valence-corrected chi connectivity index (χ4v) is 1.01. The molecule has 0 N–H and O–H groups in total. The molecule has 0 saturated heterocycles. The standard InChI is InChI=1S/C10H21O2/c1-4-11-9-7-6-8-10(3)12-5-2/h8,10H,4-7,9H2,1-3H3. The Morgan fingerprint density at radius 2 is 2.00 bits per heavy atom. The third-order valence-corrected chi connectivity index (χ3v) is 1.63. The molecule has 0 spiro atoms. The van der Waals surface area contributed by atoms with E-state index in [1.807, 2.05) is 13.8 Å². The van der Waals surface area contributed by atoms with Crippen molar-refractivity contribution in [3.05, 3.63) is 6.42 Å². The Hall–Kier alpha value is -0.0800. The van der Waals surface area contributed by atoms with Crippen LogP contribution < -0.4 is 0 Å². The average Bonchev–Trinajstić information content (AvgIpc) is 2.05. The maximum absolute atomic E-state index is 5.35. The SMILES string of the molecule is CCOCCC[CH]C(C)OCC. The van der Waals surface area contributed by atoms with Crippen LogP contribution in [0.2, 0.25) is 0 Å². The zero-order valence-electron chi connectivity index (χ0n) is 8.51. The lowest BCUT2D eigenvalue weighted by Crippen LogP contribution is -2.08. The van der Waals surface area contributed by atoms with Crippen molar-refractivity contribution in [1.82, 2.24) is 0 Å². The molecule has 0 fully saturated rings. The molecule has 73 valence electrons. The molecule has 0 heterocycles. The van der Waals surface area contributed by atoms with Gasteiger partial charge in [0.05, 0.1) is 6.10 Å². The van der Waals surface area contributed by atoms with Crippen molar-refractivity contribution in [2.45, 2.75) is 39.7 Å². The predicted molar refractivity (Wildman–Crippen MR) is 51.1 cm³/mol. The highest BCUT2D eigenvalue weighted by molar-refractivity contribution is 4.72. The first-order chi connectivity index (χ1) is 5.81. The van der Waals surface area contributed by atoms with Gasteiger partial charge in [-0.15, -0.1) is 0 Å². The zero-order valence-corrected chi connectivity index (χ0v) is 8.51. The predicted octanol–water partition coefficient (Wildman–Crippen LogP) is 2.43. The Bertz CT molecular complexity index is 83.9. The van der Waals surface area contributed by atoms with Gasteiger partial charge in [0.1, 0.15) is 0 Å². The van der Waals surface area contributed by atoms with Gasteiger partial charge >= 0.3 is 0 Å².